The summed E-state index contributed by atoms with van der Waals surface area (Å²) in [5.41, 5.74) is 1.76. The van der Waals surface area contributed by atoms with Gasteiger partial charge in [0.15, 0.2) is 0 Å². The topological polar surface area (TPSA) is 29.5 Å². The van der Waals surface area contributed by atoms with Crippen LogP contribution in [0.25, 0.3) is 0 Å². The van der Waals surface area contributed by atoms with E-state index in [2.05, 4.69) is 38.1 Å². The lowest BCUT2D eigenvalue weighted by molar-refractivity contribution is -0.0474. The molecule has 0 aromatic heterocycles. The van der Waals surface area contributed by atoms with Crippen LogP contribution in [0.3, 0.4) is 0 Å². The minimum atomic E-state index is -0.651. The van der Waals surface area contributed by atoms with Crippen LogP contribution in [0.5, 0.6) is 0 Å². The molecule has 1 fully saturated rings. The molecule has 106 valence electrons. The Balaban J connectivity index is 2.12. The van der Waals surface area contributed by atoms with E-state index in [0.29, 0.717) is 12.0 Å². The highest BCUT2D eigenvalue weighted by atomic mass is 16.5. The molecule has 1 aliphatic rings. The Hall–Kier alpha value is -0.860. The highest BCUT2D eigenvalue weighted by molar-refractivity contribution is 5.29. The van der Waals surface area contributed by atoms with Crippen molar-refractivity contribution in [3.05, 3.63) is 35.4 Å². The van der Waals surface area contributed by atoms with Crippen molar-refractivity contribution in [2.45, 2.75) is 57.7 Å². The van der Waals surface area contributed by atoms with Gasteiger partial charge in [-0.25, -0.2) is 0 Å². The van der Waals surface area contributed by atoms with Gasteiger partial charge in [0.1, 0.15) is 0 Å². The van der Waals surface area contributed by atoms with Crippen LogP contribution in [0.15, 0.2) is 24.3 Å². The van der Waals surface area contributed by atoms with Crippen molar-refractivity contribution in [1.29, 1.82) is 0 Å². The molecule has 0 radical (unpaired) electrons. The molecule has 0 unspecified atom stereocenters. The monoisotopic (exact) mass is 262 g/mol. The van der Waals surface area contributed by atoms with Gasteiger partial charge < -0.3 is 9.84 Å². The van der Waals surface area contributed by atoms with Crippen molar-refractivity contribution in [3.63, 3.8) is 0 Å². The summed E-state index contributed by atoms with van der Waals surface area (Å²) in [6.45, 7) is 4.45. The van der Waals surface area contributed by atoms with Gasteiger partial charge in [0, 0.05) is 7.11 Å². The molecule has 0 bridgehead atoms. The first-order valence-electron chi connectivity index (χ1n) is 7.38. The van der Waals surface area contributed by atoms with Crippen molar-refractivity contribution in [3.8, 4) is 0 Å². The Kier molecular flexibility index (Phi) is 4.64. The minimum Gasteiger partial charge on any atom is -0.385 e. The van der Waals surface area contributed by atoms with E-state index in [-0.39, 0.29) is 0 Å². The molecule has 0 atom stereocenters. The normalized spacial score (nSPS) is 27.7. The van der Waals surface area contributed by atoms with Gasteiger partial charge in [0.25, 0.3) is 0 Å². The molecule has 2 heteroatoms. The zero-order chi connectivity index (χ0) is 13.9. The lowest BCUT2D eigenvalue weighted by Gasteiger charge is -2.36. The lowest BCUT2D eigenvalue weighted by atomic mass is 9.78. The van der Waals surface area contributed by atoms with Crippen LogP contribution in [0.4, 0.5) is 0 Å². The van der Waals surface area contributed by atoms with E-state index in [1.54, 1.807) is 7.11 Å². The third kappa shape index (κ3) is 3.58. The molecule has 1 aromatic carbocycles. The molecule has 0 aliphatic heterocycles. The van der Waals surface area contributed by atoms with Crippen LogP contribution < -0.4 is 0 Å². The van der Waals surface area contributed by atoms with Gasteiger partial charge in [0.2, 0.25) is 0 Å². The molecule has 2 rings (SSSR count). The molecular weight excluding hydrogens is 236 g/mol. The fourth-order valence-corrected chi connectivity index (χ4v) is 3.05. The number of rotatable bonds is 4. The van der Waals surface area contributed by atoms with E-state index in [0.717, 1.165) is 37.7 Å². The van der Waals surface area contributed by atoms with Gasteiger partial charge in [-0.05, 0) is 49.1 Å². The van der Waals surface area contributed by atoms with E-state index in [1.165, 1.54) is 5.56 Å². The van der Waals surface area contributed by atoms with Gasteiger partial charge in [0.05, 0.1) is 11.7 Å². The molecule has 2 nitrogen and oxygen atoms in total. The first-order chi connectivity index (χ1) is 9.03. The number of aliphatic hydroxyl groups is 1. The van der Waals surface area contributed by atoms with Crippen LogP contribution in [0, 0.1) is 5.92 Å². The summed E-state index contributed by atoms with van der Waals surface area (Å²) in [4.78, 5) is 0. The van der Waals surface area contributed by atoms with Gasteiger partial charge in [-0.1, -0.05) is 38.1 Å². The standard InChI is InChI=1S/C17H26O2/c1-13(2)11-14-5-4-6-15(12-14)17(18)9-7-16(19-3)8-10-17/h4-6,12-13,16,18H,7-11H2,1-3H3. The number of ether oxygens (including phenoxy) is 1. The van der Waals surface area contributed by atoms with Crippen LogP contribution in [0.1, 0.15) is 50.7 Å². The summed E-state index contributed by atoms with van der Waals surface area (Å²) in [7, 11) is 1.76. The van der Waals surface area contributed by atoms with Gasteiger partial charge >= 0.3 is 0 Å². The van der Waals surface area contributed by atoms with E-state index < -0.39 is 5.60 Å². The Labute approximate surface area is 116 Å². The smallest absolute Gasteiger partial charge is 0.0898 e. The predicted molar refractivity (Wildman–Crippen MR) is 78.1 cm³/mol. The molecule has 1 N–H and O–H groups in total. The van der Waals surface area contributed by atoms with Gasteiger partial charge in [-0.2, -0.15) is 0 Å². The van der Waals surface area contributed by atoms with Gasteiger partial charge in [-0.3, -0.25) is 0 Å². The van der Waals surface area contributed by atoms with Crippen molar-refractivity contribution in [2.75, 3.05) is 7.11 Å². The van der Waals surface area contributed by atoms with Crippen molar-refractivity contribution in [2.24, 2.45) is 5.92 Å². The fraction of sp³-hybridized carbons (Fsp3) is 0.647. The number of methoxy groups -OCH3 is 1. The van der Waals surface area contributed by atoms with Crippen LogP contribution in [-0.4, -0.2) is 18.3 Å². The number of hydrogen-bond acceptors (Lipinski definition) is 2. The second kappa shape index (κ2) is 6.06. The molecule has 0 amide bonds. The molecule has 1 aromatic rings. The van der Waals surface area contributed by atoms with Crippen LogP contribution in [-0.2, 0) is 16.8 Å². The van der Waals surface area contributed by atoms with E-state index in [9.17, 15) is 5.11 Å². The quantitative estimate of drug-likeness (QED) is 0.897. The lowest BCUT2D eigenvalue weighted by Crippen LogP contribution is -2.34. The SMILES string of the molecule is COC1CCC(O)(c2cccc(CC(C)C)c2)CC1. The second-order valence-corrected chi connectivity index (χ2v) is 6.26. The third-order valence-electron chi connectivity index (χ3n) is 4.20. The first-order valence-corrected chi connectivity index (χ1v) is 7.38. The van der Waals surface area contributed by atoms with E-state index in [1.807, 2.05) is 0 Å². The Bertz CT molecular complexity index is 403. The zero-order valence-electron chi connectivity index (χ0n) is 12.4. The predicted octanol–water partition coefficient (Wildman–Crippen LogP) is 3.66. The molecule has 0 saturated heterocycles. The first kappa shape index (κ1) is 14.5. The fourth-order valence-electron chi connectivity index (χ4n) is 3.05. The molecule has 1 saturated carbocycles. The molecule has 1 aliphatic carbocycles. The highest BCUT2D eigenvalue weighted by Crippen LogP contribution is 2.38. The molecule has 19 heavy (non-hydrogen) atoms. The Morgan fingerprint density at radius 2 is 2.00 bits per heavy atom. The summed E-state index contributed by atoms with van der Waals surface area (Å²) >= 11 is 0. The molecule has 0 spiro atoms. The molecule has 0 heterocycles. The maximum atomic E-state index is 10.9. The summed E-state index contributed by atoms with van der Waals surface area (Å²) < 4.78 is 5.39. The van der Waals surface area contributed by atoms with Crippen molar-refractivity contribution < 1.29 is 9.84 Å². The third-order valence-corrected chi connectivity index (χ3v) is 4.20. The average Bonchev–Trinajstić information content (AvgIpc) is 2.39. The summed E-state index contributed by atoms with van der Waals surface area (Å²) in [6, 6.07) is 8.49. The second-order valence-electron chi connectivity index (χ2n) is 6.26. The zero-order valence-corrected chi connectivity index (χ0v) is 12.4. The summed E-state index contributed by atoms with van der Waals surface area (Å²) in [5, 5.41) is 10.9. The van der Waals surface area contributed by atoms with Crippen molar-refractivity contribution in [1.82, 2.24) is 0 Å². The minimum absolute atomic E-state index is 0.319. The van der Waals surface area contributed by atoms with Crippen LogP contribution in [0.2, 0.25) is 0 Å². The van der Waals surface area contributed by atoms with Crippen molar-refractivity contribution >= 4 is 0 Å². The largest absolute Gasteiger partial charge is 0.385 e. The van der Waals surface area contributed by atoms with E-state index >= 15 is 0 Å². The summed E-state index contributed by atoms with van der Waals surface area (Å²) in [5.74, 6) is 0.647. The van der Waals surface area contributed by atoms with E-state index in [4.69, 9.17) is 4.74 Å². The maximum Gasteiger partial charge on any atom is 0.0898 e. The Morgan fingerprint density at radius 1 is 1.32 bits per heavy atom. The van der Waals surface area contributed by atoms with Gasteiger partial charge in [-0.15, -0.1) is 0 Å². The summed E-state index contributed by atoms with van der Waals surface area (Å²) in [6.07, 6.45) is 4.89. The maximum absolute atomic E-state index is 10.9. The number of benzene rings is 1. The Morgan fingerprint density at radius 3 is 2.58 bits per heavy atom. The average molecular weight is 262 g/mol. The number of hydrogen-bond donors (Lipinski definition) is 1. The molecular formula is C17H26O2. The highest BCUT2D eigenvalue weighted by Gasteiger charge is 2.34. The van der Waals surface area contributed by atoms with Crippen LogP contribution >= 0.6 is 0 Å².